The highest BCUT2D eigenvalue weighted by atomic mass is 35.5. The number of phenols is 1. The van der Waals surface area contributed by atoms with Crippen molar-refractivity contribution in [1.82, 2.24) is 4.90 Å². The normalized spacial score (nSPS) is 11.9. The van der Waals surface area contributed by atoms with Gasteiger partial charge in [0.2, 0.25) is 0 Å². The number of nitrogens with zero attached hydrogens (tertiary/aromatic N) is 1. The number of halogens is 1. The van der Waals surface area contributed by atoms with Gasteiger partial charge in [-0.05, 0) is 48.2 Å². The number of aromatic hydroxyl groups is 1. The highest BCUT2D eigenvalue weighted by molar-refractivity contribution is 6.30. The summed E-state index contributed by atoms with van der Waals surface area (Å²) in [6.07, 6.45) is -0.767. The number of amides is 1. The van der Waals surface area contributed by atoms with Crippen LogP contribution in [-0.2, 0) is 6.42 Å². The molecule has 0 aliphatic heterocycles. The van der Waals surface area contributed by atoms with Gasteiger partial charge in [0.1, 0.15) is 5.75 Å². The molecule has 6 heteroatoms. The Balaban J connectivity index is 1.91. The van der Waals surface area contributed by atoms with Gasteiger partial charge in [0.25, 0.3) is 0 Å². The minimum absolute atomic E-state index is 0.0181. The number of aliphatic hydroxyl groups excluding tert-OH is 1. The molecule has 0 fully saturated rings. The van der Waals surface area contributed by atoms with Gasteiger partial charge in [0, 0.05) is 11.6 Å². The average Bonchev–Trinajstić information content (AvgIpc) is 2.53. The van der Waals surface area contributed by atoms with Crippen LogP contribution in [0.4, 0.5) is 4.79 Å². The molecular weight excluding hydrogens is 330 g/mol. The van der Waals surface area contributed by atoms with E-state index in [-0.39, 0.29) is 12.3 Å². The quantitative estimate of drug-likeness (QED) is 0.712. The molecule has 0 saturated heterocycles. The molecule has 24 heavy (non-hydrogen) atoms. The van der Waals surface area contributed by atoms with Gasteiger partial charge in [-0.15, -0.1) is 0 Å². The van der Waals surface area contributed by atoms with Crippen LogP contribution in [-0.4, -0.2) is 39.4 Å². The Kier molecular flexibility index (Phi) is 6.46. The van der Waals surface area contributed by atoms with Crippen LogP contribution in [0.3, 0.4) is 0 Å². The molecule has 0 heterocycles. The number of carboxylic acid groups (broad SMARTS) is 1. The molecule has 0 saturated carbocycles. The molecule has 2 aromatic rings. The van der Waals surface area contributed by atoms with E-state index < -0.39 is 12.2 Å². The molecule has 0 spiro atoms. The molecule has 3 N–H and O–H groups in total. The van der Waals surface area contributed by atoms with Gasteiger partial charge < -0.3 is 20.2 Å². The first kappa shape index (κ1) is 18.1. The number of benzene rings is 2. The lowest BCUT2D eigenvalue weighted by molar-refractivity contribution is 0.0962. The van der Waals surface area contributed by atoms with E-state index in [4.69, 9.17) is 11.6 Å². The predicted octanol–water partition coefficient (Wildman–Crippen LogP) is 3.69. The zero-order valence-corrected chi connectivity index (χ0v) is 13.9. The first-order valence-corrected chi connectivity index (χ1v) is 8.03. The standard InChI is InChI=1S/C18H20ClNO4/c19-15-7-2-6-14(11-15)17(22)12-20(18(23)24)9-3-5-13-4-1-8-16(21)10-13/h1-2,4,6-8,10-11,17,21-22H,3,5,9,12H2,(H,23,24)/t17-/m0/s1. The Bertz CT molecular complexity index is 692. The maximum atomic E-state index is 11.4. The summed E-state index contributed by atoms with van der Waals surface area (Å²) in [6, 6.07) is 13.6. The van der Waals surface area contributed by atoms with E-state index in [0.29, 0.717) is 30.0 Å². The van der Waals surface area contributed by atoms with Gasteiger partial charge >= 0.3 is 6.09 Å². The van der Waals surface area contributed by atoms with E-state index in [1.807, 2.05) is 6.07 Å². The van der Waals surface area contributed by atoms with Crippen molar-refractivity contribution in [3.8, 4) is 5.75 Å². The fraction of sp³-hybridized carbons (Fsp3) is 0.278. The third-order valence-electron chi connectivity index (χ3n) is 3.70. The molecule has 1 amide bonds. The Morgan fingerprint density at radius 3 is 2.58 bits per heavy atom. The SMILES string of the molecule is O=C(O)N(CCCc1cccc(O)c1)C[C@H](O)c1cccc(Cl)c1. The molecule has 2 rings (SSSR count). The van der Waals surface area contributed by atoms with Crippen LogP contribution >= 0.6 is 11.6 Å². The molecular formula is C18H20ClNO4. The summed E-state index contributed by atoms with van der Waals surface area (Å²) in [5.41, 5.74) is 1.53. The molecule has 0 bridgehead atoms. The molecule has 128 valence electrons. The number of rotatable bonds is 7. The predicted molar refractivity (Wildman–Crippen MR) is 92.4 cm³/mol. The second kappa shape index (κ2) is 8.57. The van der Waals surface area contributed by atoms with Crippen molar-refractivity contribution in [2.45, 2.75) is 18.9 Å². The van der Waals surface area contributed by atoms with E-state index in [1.54, 1.807) is 42.5 Å². The van der Waals surface area contributed by atoms with Gasteiger partial charge in [0.05, 0.1) is 12.6 Å². The summed E-state index contributed by atoms with van der Waals surface area (Å²) in [5, 5.41) is 29.5. The number of carbonyl (C=O) groups is 1. The van der Waals surface area contributed by atoms with Crippen LogP contribution in [0.15, 0.2) is 48.5 Å². The highest BCUT2D eigenvalue weighted by Gasteiger charge is 2.18. The van der Waals surface area contributed by atoms with Crippen LogP contribution in [0.5, 0.6) is 5.75 Å². The van der Waals surface area contributed by atoms with E-state index in [0.717, 1.165) is 5.56 Å². The van der Waals surface area contributed by atoms with Crippen LogP contribution < -0.4 is 0 Å². The van der Waals surface area contributed by atoms with Gasteiger partial charge in [-0.3, -0.25) is 0 Å². The highest BCUT2D eigenvalue weighted by Crippen LogP contribution is 2.19. The molecule has 1 atom stereocenters. The van der Waals surface area contributed by atoms with E-state index in [1.165, 1.54) is 4.90 Å². The maximum absolute atomic E-state index is 11.4. The van der Waals surface area contributed by atoms with Crippen LogP contribution in [0.2, 0.25) is 5.02 Å². The van der Waals surface area contributed by atoms with Gasteiger partial charge in [-0.2, -0.15) is 0 Å². The van der Waals surface area contributed by atoms with Gasteiger partial charge in [-0.25, -0.2) is 4.79 Å². The van der Waals surface area contributed by atoms with E-state index >= 15 is 0 Å². The second-order valence-electron chi connectivity index (χ2n) is 5.57. The summed E-state index contributed by atoms with van der Waals surface area (Å²) in [4.78, 5) is 12.6. The monoisotopic (exact) mass is 349 g/mol. The molecule has 0 unspecified atom stereocenters. The summed E-state index contributed by atoms with van der Waals surface area (Å²) < 4.78 is 0. The molecule has 2 aromatic carbocycles. The van der Waals surface area contributed by atoms with Gasteiger partial charge in [-0.1, -0.05) is 35.9 Å². The fourth-order valence-corrected chi connectivity index (χ4v) is 2.68. The van der Waals surface area contributed by atoms with Crippen molar-refractivity contribution in [3.05, 3.63) is 64.7 Å². The zero-order valence-electron chi connectivity index (χ0n) is 13.1. The Hall–Kier alpha value is -2.24. The smallest absolute Gasteiger partial charge is 0.407 e. The minimum Gasteiger partial charge on any atom is -0.508 e. The lowest BCUT2D eigenvalue weighted by Crippen LogP contribution is -2.34. The minimum atomic E-state index is -1.08. The summed E-state index contributed by atoms with van der Waals surface area (Å²) in [7, 11) is 0. The summed E-state index contributed by atoms with van der Waals surface area (Å²) in [6.45, 7) is 0.276. The Morgan fingerprint density at radius 1 is 1.17 bits per heavy atom. The van der Waals surface area contributed by atoms with Crippen molar-refractivity contribution in [2.24, 2.45) is 0 Å². The van der Waals surface area contributed by atoms with Crippen LogP contribution in [0.1, 0.15) is 23.7 Å². The number of hydrogen-bond acceptors (Lipinski definition) is 3. The van der Waals surface area contributed by atoms with Crippen molar-refractivity contribution in [3.63, 3.8) is 0 Å². The van der Waals surface area contributed by atoms with E-state index in [9.17, 15) is 20.1 Å². The summed E-state index contributed by atoms with van der Waals surface area (Å²) in [5.74, 6) is 0.193. The lowest BCUT2D eigenvalue weighted by atomic mass is 10.1. The molecule has 5 nitrogen and oxygen atoms in total. The van der Waals surface area contributed by atoms with Crippen molar-refractivity contribution in [2.75, 3.05) is 13.1 Å². The first-order chi connectivity index (χ1) is 11.5. The third-order valence-corrected chi connectivity index (χ3v) is 3.94. The molecule has 0 aromatic heterocycles. The number of aryl methyl sites for hydroxylation is 1. The summed E-state index contributed by atoms with van der Waals surface area (Å²) >= 11 is 5.89. The van der Waals surface area contributed by atoms with E-state index in [2.05, 4.69) is 0 Å². The zero-order chi connectivity index (χ0) is 17.5. The fourth-order valence-electron chi connectivity index (χ4n) is 2.48. The second-order valence-corrected chi connectivity index (χ2v) is 6.01. The van der Waals surface area contributed by atoms with Crippen molar-refractivity contribution in [1.29, 1.82) is 0 Å². The Labute approximate surface area is 145 Å². The van der Waals surface area contributed by atoms with Gasteiger partial charge in [0.15, 0.2) is 0 Å². The van der Waals surface area contributed by atoms with Crippen LogP contribution in [0.25, 0.3) is 0 Å². The first-order valence-electron chi connectivity index (χ1n) is 7.65. The number of hydrogen-bond donors (Lipinski definition) is 3. The largest absolute Gasteiger partial charge is 0.508 e. The lowest BCUT2D eigenvalue weighted by Gasteiger charge is -2.22. The topological polar surface area (TPSA) is 81.0 Å². The molecule has 0 radical (unpaired) electrons. The average molecular weight is 350 g/mol. The maximum Gasteiger partial charge on any atom is 0.407 e. The third kappa shape index (κ3) is 5.44. The molecule has 0 aliphatic rings. The van der Waals surface area contributed by atoms with Crippen molar-refractivity contribution < 1.29 is 20.1 Å². The number of aliphatic hydroxyl groups is 1. The van der Waals surface area contributed by atoms with Crippen LogP contribution in [0, 0.1) is 0 Å². The molecule has 0 aliphatic carbocycles. The number of phenolic OH excluding ortho intramolecular Hbond substituents is 1. The van der Waals surface area contributed by atoms with Crippen molar-refractivity contribution >= 4 is 17.7 Å². The Morgan fingerprint density at radius 2 is 1.92 bits per heavy atom.